The van der Waals surface area contributed by atoms with Gasteiger partial charge in [-0.25, -0.2) is 0 Å². The summed E-state index contributed by atoms with van der Waals surface area (Å²) < 4.78 is 0. The maximum Gasteiger partial charge on any atom is 0.0489 e. The first-order valence-corrected chi connectivity index (χ1v) is 6.00. The number of likely N-dealkylation sites (N-methyl/N-ethyl adjacent to an activating group) is 1. The van der Waals surface area contributed by atoms with Gasteiger partial charge in [-0.1, -0.05) is 12.1 Å². The number of hydrogen-bond acceptors (Lipinski definition) is 2. The predicted octanol–water partition coefficient (Wildman–Crippen LogP) is 2.35. The van der Waals surface area contributed by atoms with Crippen molar-refractivity contribution in [2.75, 3.05) is 20.6 Å². The molecule has 0 bridgehead atoms. The number of aromatic nitrogens is 1. The number of nitrogens with one attached hydrogen (secondary N) is 1. The molecule has 0 aliphatic heterocycles. The van der Waals surface area contributed by atoms with Gasteiger partial charge in [0.25, 0.3) is 0 Å². The van der Waals surface area contributed by atoms with Gasteiger partial charge in [-0.05, 0) is 44.6 Å². The number of rotatable bonds is 3. The van der Waals surface area contributed by atoms with Crippen molar-refractivity contribution in [2.24, 2.45) is 5.73 Å². The highest BCUT2D eigenvalue weighted by atomic mass is 15.1. The van der Waals surface area contributed by atoms with Crippen LogP contribution in [0.3, 0.4) is 0 Å². The van der Waals surface area contributed by atoms with Crippen molar-refractivity contribution in [2.45, 2.75) is 19.9 Å². The third-order valence-electron chi connectivity index (χ3n) is 3.49. The number of nitrogens with zero attached hydrogens (tertiary/aromatic N) is 1. The zero-order valence-corrected chi connectivity index (χ0v) is 11.0. The Kier molecular flexibility index (Phi) is 3.22. The molecule has 1 atom stereocenters. The van der Waals surface area contributed by atoms with Gasteiger partial charge in [-0.2, -0.15) is 0 Å². The fraction of sp³-hybridized carbons (Fsp3) is 0.429. The van der Waals surface area contributed by atoms with Gasteiger partial charge in [-0.3, -0.25) is 0 Å². The van der Waals surface area contributed by atoms with Gasteiger partial charge in [-0.15, -0.1) is 0 Å². The van der Waals surface area contributed by atoms with Gasteiger partial charge in [0.1, 0.15) is 0 Å². The van der Waals surface area contributed by atoms with E-state index in [1.165, 1.54) is 27.6 Å². The van der Waals surface area contributed by atoms with Crippen molar-refractivity contribution in [3.8, 4) is 0 Å². The van der Waals surface area contributed by atoms with E-state index in [1.807, 2.05) is 0 Å². The van der Waals surface area contributed by atoms with Crippen molar-refractivity contribution in [1.82, 2.24) is 9.88 Å². The predicted molar refractivity (Wildman–Crippen MR) is 73.3 cm³/mol. The first-order valence-electron chi connectivity index (χ1n) is 6.00. The lowest BCUT2D eigenvalue weighted by Gasteiger charge is -2.22. The van der Waals surface area contributed by atoms with Crippen LogP contribution in [0.5, 0.6) is 0 Å². The van der Waals surface area contributed by atoms with E-state index in [0.717, 1.165) is 0 Å². The van der Waals surface area contributed by atoms with E-state index in [4.69, 9.17) is 5.73 Å². The largest absolute Gasteiger partial charge is 0.361 e. The molecule has 0 fully saturated rings. The number of nitrogens with two attached hydrogens (primary N) is 1. The van der Waals surface area contributed by atoms with E-state index < -0.39 is 0 Å². The molecule has 1 unspecified atom stereocenters. The monoisotopic (exact) mass is 231 g/mol. The Balaban J connectivity index is 2.67. The number of benzene rings is 1. The molecule has 1 aromatic heterocycles. The Hall–Kier alpha value is -1.32. The van der Waals surface area contributed by atoms with Gasteiger partial charge in [0.05, 0.1) is 0 Å². The molecule has 0 aliphatic rings. The Bertz CT molecular complexity index is 525. The summed E-state index contributed by atoms with van der Waals surface area (Å²) in [5.74, 6) is 0. The summed E-state index contributed by atoms with van der Waals surface area (Å²) in [6.07, 6.45) is 2.10. The maximum absolute atomic E-state index is 5.89. The number of fused-ring (bicyclic) bond motifs is 1. The summed E-state index contributed by atoms with van der Waals surface area (Å²) in [5.41, 5.74) is 11.0. The van der Waals surface area contributed by atoms with Crippen LogP contribution in [0.15, 0.2) is 18.3 Å². The normalized spacial score (nSPS) is 13.5. The van der Waals surface area contributed by atoms with Crippen molar-refractivity contribution < 1.29 is 0 Å². The van der Waals surface area contributed by atoms with Crippen LogP contribution in [0.1, 0.15) is 22.7 Å². The zero-order valence-electron chi connectivity index (χ0n) is 11.0. The molecular formula is C14H21N3. The standard InChI is InChI=1S/C14H21N3/c1-9-5-6-10(2)14-13(9)11(8-16-14)12(7-15)17(3)4/h5-6,8,12,16H,7,15H2,1-4H3. The zero-order chi connectivity index (χ0) is 12.6. The molecule has 0 spiro atoms. The highest BCUT2D eigenvalue weighted by Gasteiger charge is 2.18. The van der Waals surface area contributed by atoms with E-state index in [-0.39, 0.29) is 6.04 Å². The van der Waals surface area contributed by atoms with Crippen LogP contribution in [0, 0.1) is 13.8 Å². The molecule has 3 heteroatoms. The van der Waals surface area contributed by atoms with Crippen molar-refractivity contribution in [3.63, 3.8) is 0 Å². The number of H-pyrrole nitrogens is 1. The van der Waals surface area contributed by atoms with Crippen LogP contribution in [0.4, 0.5) is 0 Å². The second-order valence-corrected chi connectivity index (χ2v) is 4.91. The molecule has 0 saturated carbocycles. The Labute approximate surface area is 103 Å². The quantitative estimate of drug-likeness (QED) is 0.851. The molecule has 17 heavy (non-hydrogen) atoms. The summed E-state index contributed by atoms with van der Waals surface area (Å²) >= 11 is 0. The lowest BCUT2D eigenvalue weighted by molar-refractivity contribution is 0.308. The molecule has 92 valence electrons. The van der Waals surface area contributed by atoms with E-state index in [1.54, 1.807) is 0 Å². The van der Waals surface area contributed by atoms with E-state index in [9.17, 15) is 0 Å². The molecule has 2 aromatic rings. The van der Waals surface area contributed by atoms with Gasteiger partial charge >= 0.3 is 0 Å². The van der Waals surface area contributed by atoms with Crippen LogP contribution in [-0.4, -0.2) is 30.5 Å². The molecule has 0 saturated heterocycles. The van der Waals surface area contributed by atoms with Crippen LogP contribution < -0.4 is 5.73 Å². The fourth-order valence-corrected chi connectivity index (χ4v) is 2.47. The van der Waals surface area contributed by atoms with Crippen molar-refractivity contribution in [3.05, 3.63) is 35.0 Å². The Morgan fingerprint density at radius 2 is 1.88 bits per heavy atom. The summed E-state index contributed by atoms with van der Waals surface area (Å²) in [7, 11) is 4.14. The molecule has 1 heterocycles. The Morgan fingerprint density at radius 3 is 2.47 bits per heavy atom. The van der Waals surface area contributed by atoms with Crippen molar-refractivity contribution >= 4 is 10.9 Å². The van der Waals surface area contributed by atoms with Crippen LogP contribution in [0.25, 0.3) is 10.9 Å². The summed E-state index contributed by atoms with van der Waals surface area (Å²) in [5, 5.41) is 1.33. The lowest BCUT2D eigenvalue weighted by Crippen LogP contribution is -2.27. The average Bonchev–Trinajstić information content (AvgIpc) is 2.70. The molecule has 1 aromatic carbocycles. The van der Waals surface area contributed by atoms with Crippen LogP contribution >= 0.6 is 0 Å². The highest BCUT2D eigenvalue weighted by Crippen LogP contribution is 2.30. The average molecular weight is 231 g/mol. The van der Waals surface area contributed by atoms with Gasteiger partial charge in [0.2, 0.25) is 0 Å². The van der Waals surface area contributed by atoms with Crippen LogP contribution in [0.2, 0.25) is 0 Å². The summed E-state index contributed by atoms with van der Waals surface area (Å²) in [6.45, 7) is 4.92. The number of hydrogen-bond donors (Lipinski definition) is 2. The van der Waals surface area contributed by atoms with Gasteiger partial charge < -0.3 is 15.6 Å². The molecule has 3 nitrogen and oxygen atoms in total. The van der Waals surface area contributed by atoms with E-state index in [2.05, 4.69) is 56.2 Å². The lowest BCUT2D eigenvalue weighted by atomic mass is 9.99. The maximum atomic E-state index is 5.89. The van der Waals surface area contributed by atoms with E-state index >= 15 is 0 Å². The van der Waals surface area contributed by atoms with E-state index in [0.29, 0.717) is 6.54 Å². The topological polar surface area (TPSA) is 45.0 Å². The van der Waals surface area contributed by atoms with Gasteiger partial charge in [0, 0.05) is 29.7 Å². The molecule has 0 amide bonds. The first kappa shape index (κ1) is 12.1. The second-order valence-electron chi connectivity index (χ2n) is 4.91. The molecular weight excluding hydrogens is 210 g/mol. The minimum atomic E-state index is 0.268. The molecule has 3 N–H and O–H groups in total. The van der Waals surface area contributed by atoms with Gasteiger partial charge in [0.15, 0.2) is 0 Å². The minimum Gasteiger partial charge on any atom is -0.361 e. The number of aryl methyl sites for hydroxylation is 2. The minimum absolute atomic E-state index is 0.268. The molecule has 0 radical (unpaired) electrons. The summed E-state index contributed by atoms with van der Waals surface area (Å²) in [4.78, 5) is 5.56. The van der Waals surface area contributed by atoms with Crippen molar-refractivity contribution in [1.29, 1.82) is 0 Å². The fourth-order valence-electron chi connectivity index (χ4n) is 2.47. The third-order valence-corrected chi connectivity index (χ3v) is 3.49. The van der Waals surface area contributed by atoms with Crippen LogP contribution in [-0.2, 0) is 0 Å². The smallest absolute Gasteiger partial charge is 0.0489 e. The SMILES string of the molecule is Cc1ccc(C)c2c(C(CN)N(C)C)c[nH]c12. The highest BCUT2D eigenvalue weighted by molar-refractivity contribution is 5.89. The second kappa shape index (κ2) is 4.51. The molecule has 0 aliphatic carbocycles. The Morgan fingerprint density at radius 1 is 1.24 bits per heavy atom. The third kappa shape index (κ3) is 1.96. The molecule has 2 rings (SSSR count). The first-order chi connectivity index (χ1) is 8.06. The summed E-state index contributed by atoms with van der Waals surface area (Å²) in [6, 6.07) is 4.60. The number of aromatic amines is 1.